The van der Waals surface area contributed by atoms with Gasteiger partial charge in [-0.2, -0.15) is 0 Å². The molecule has 1 heterocycles. The molecule has 0 radical (unpaired) electrons. The number of amides is 2. The fourth-order valence-corrected chi connectivity index (χ4v) is 2.87. The van der Waals surface area contributed by atoms with Gasteiger partial charge in [0.25, 0.3) is 5.91 Å². The molecule has 0 fully saturated rings. The standard InChI is InChI=1S/C18H17ClFN3O3/c1-21-18(25)16-9-23(14-4-2-3-5-15(14)26-16)10-17(24)22-13-7-6-11(19)8-12(13)20/h2-8,16H,9-10H2,1H3,(H,21,25)(H,22,24)/t16-/m0/s1. The summed E-state index contributed by atoms with van der Waals surface area (Å²) in [4.78, 5) is 26.1. The number of carbonyl (C=O) groups is 2. The van der Waals surface area contributed by atoms with Crippen molar-refractivity contribution in [1.29, 1.82) is 0 Å². The fourth-order valence-electron chi connectivity index (χ4n) is 2.71. The summed E-state index contributed by atoms with van der Waals surface area (Å²) in [5.74, 6) is -0.804. The van der Waals surface area contributed by atoms with Crippen LogP contribution in [0.25, 0.3) is 0 Å². The lowest BCUT2D eigenvalue weighted by Crippen LogP contribution is -2.50. The van der Waals surface area contributed by atoms with Gasteiger partial charge in [-0.05, 0) is 30.3 Å². The van der Waals surface area contributed by atoms with Crippen molar-refractivity contribution in [3.05, 3.63) is 53.3 Å². The number of hydrogen-bond donors (Lipinski definition) is 2. The van der Waals surface area contributed by atoms with Crippen LogP contribution in [0.3, 0.4) is 0 Å². The number of halogens is 2. The maximum atomic E-state index is 13.9. The van der Waals surface area contributed by atoms with Crippen molar-refractivity contribution in [3.8, 4) is 5.75 Å². The molecule has 0 saturated carbocycles. The number of para-hydroxylation sites is 2. The van der Waals surface area contributed by atoms with Crippen molar-refractivity contribution in [2.24, 2.45) is 0 Å². The van der Waals surface area contributed by atoms with Crippen molar-refractivity contribution in [2.45, 2.75) is 6.10 Å². The number of hydrogen-bond acceptors (Lipinski definition) is 4. The van der Waals surface area contributed by atoms with Crippen molar-refractivity contribution in [2.75, 3.05) is 30.4 Å². The maximum absolute atomic E-state index is 13.9. The van der Waals surface area contributed by atoms with Crippen LogP contribution in [0.15, 0.2) is 42.5 Å². The van der Waals surface area contributed by atoms with E-state index in [2.05, 4.69) is 10.6 Å². The number of anilines is 2. The lowest BCUT2D eigenvalue weighted by molar-refractivity contribution is -0.127. The number of fused-ring (bicyclic) bond motifs is 1. The number of nitrogens with zero attached hydrogens (tertiary/aromatic N) is 1. The molecule has 6 nitrogen and oxygen atoms in total. The van der Waals surface area contributed by atoms with E-state index in [9.17, 15) is 14.0 Å². The van der Waals surface area contributed by atoms with Gasteiger partial charge in [0.1, 0.15) is 11.6 Å². The van der Waals surface area contributed by atoms with E-state index >= 15 is 0 Å². The van der Waals surface area contributed by atoms with Crippen LogP contribution in [0.2, 0.25) is 5.02 Å². The quantitative estimate of drug-likeness (QED) is 0.858. The van der Waals surface area contributed by atoms with Gasteiger partial charge in [0, 0.05) is 12.1 Å². The Morgan fingerprint density at radius 1 is 1.31 bits per heavy atom. The molecule has 0 saturated heterocycles. The number of nitrogens with one attached hydrogen (secondary N) is 2. The highest BCUT2D eigenvalue weighted by molar-refractivity contribution is 6.30. The zero-order valence-corrected chi connectivity index (χ0v) is 14.7. The summed E-state index contributed by atoms with van der Waals surface area (Å²) >= 11 is 5.71. The van der Waals surface area contributed by atoms with Crippen LogP contribution in [-0.4, -0.2) is 38.1 Å². The number of likely N-dealkylation sites (N-methyl/N-ethyl adjacent to an activating group) is 1. The molecule has 1 aliphatic heterocycles. The smallest absolute Gasteiger partial charge is 0.262 e. The predicted octanol–water partition coefficient (Wildman–Crippen LogP) is 2.43. The largest absolute Gasteiger partial charge is 0.477 e. The minimum absolute atomic E-state index is 0.0452. The van der Waals surface area contributed by atoms with E-state index in [1.807, 2.05) is 6.07 Å². The van der Waals surface area contributed by atoms with Gasteiger partial charge >= 0.3 is 0 Å². The average Bonchev–Trinajstić information content (AvgIpc) is 2.63. The average molecular weight is 378 g/mol. The van der Waals surface area contributed by atoms with Gasteiger partial charge in [-0.15, -0.1) is 0 Å². The Hall–Kier alpha value is -2.80. The summed E-state index contributed by atoms with van der Waals surface area (Å²) in [5.41, 5.74) is 0.739. The molecular formula is C18H17ClFN3O3. The zero-order chi connectivity index (χ0) is 18.7. The van der Waals surface area contributed by atoms with E-state index in [4.69, 9.17) is 16.3 Å². The Balaban J connectivity index is 1.76. The number of benzene rings is 2. The summed E-state index contributed by atoms with van der Waals surface area (Å²) in [6.07, 6.45) is -0.741. The van der Waals surface area contributed by atoms with Crippen LogP contribution >= 0.6 is 11.6 Å². The Kier molecular flexibility index (Phi) is 5.27. The second kappa shape index (κ2) is 7.61. The summed E-state index contributed by atoms with van der Waals surface area (Å²) in [5, 5.41) is 5.30. The number of rotatable bonds is 4. The summed E-state index contributed by atoms with van der Waals surface area (Å²) in [6, 6.07) is 11.1. The molecule has 2 aromatic rings. The topological polar surface area (TPSA) is 70.7 Å². The Bertz CT molecular complexity index is 846. The summed E-state index contributed by atoms with van der Waals surface area (Å²) in [7, 11) is 1.52. The van der Waals surface area contributed by atoms with Crippen LogP contribution in [0.4, 0.5) is 15.8 Å². The van der Waals surface area contributed by atoms with Crippen molar-refractivity contribution in [3.63, 3.8) is 0 Å². The third-order valence-corrected chi connectivity index (χ3v) is 4.17. The molecule has 3 rings (SSSR count). The SMILES string of the molecule is CNC(=O)[C@@H]1CN(CC(=O)Nc2ccc(Cl)cc2F)c2ccccc2O1. The van der Waals surface area contributed by atoms with Crippen LogP contribution in [0.1, 0.15) is 0 Å². The molecule has 2 aromatic carbocycles. The monoisotopic (exact) mass is 377 g/mol. The number of carbonyl (C=O) groups excluding carboxylic acids is 2. The molecule has 136 valence electrons. The molecule has 1 aliphatic rings. The number of ether oxygens (including phenoxy) is 1. The highest BCUT2D eigenvalue weighted by atomic mass is 35.5. The van der Waals surface area contributed by atoms with Crippen molar-refractivity contribution >= 4 is 34.8 Å². The molecule has 0 spiro atoms. The third-order valence-electron chi connectivity index (χ3n) is 3.94. The summed E-state index contributed by atoms with van der Waals surface area (Å²) in [6.45, 7) is 0.142. The Labute approximate surface area is 154 Å². The molecule has 2 N–H and O–H groups in total. The molecule has 0 aromatic heterocycles. The second-order valence-corrected chi connectivity index (χ2v) is 6.18. The zero-order valence-electron chi connectivity index (χ0n) is 14.0. The van der Waals surface area contributed by atoms with Crippen molar-refractivity contribution < 1.29 is 18.7 Å². The van der Waals surface area contributed by atoms with E-state index in [1.54, 1.807) is 23.1 Å². The molecule has 0 unspecified atom stereocenters. The minimum atomic E-state index is -0.741. The first kappa shape index (κ1) is 18.0. The lowest BCUT2D eigenvalue weighted by Gasteiger charge is -2.35. The Morgan fingerprint density at radius 3 is 2.81 bits per heavy atom. The van der Waals surface area contributed by atoms with Crippen LogP contribution in [0, 0.1) is 5.82 Å². The van der Waals surface area contributed by atoms with Gasteiger partial charge < -0.3 is 20.3 Å². The molecule has 26 heavy (non-hydrogen) atoms. The Morgan fingerprint density at radius 2 is 2.08 bits per heavy atom. The molecule has 0 bridgehead atoms. The molecule has 2 amide bonds. The molecule has 1 atom stereocenters. The first-order valence-electron chi connectivity index (χ1n) is 7.95. The van der Waals surface area contributed by atoms with Gasteiger partial charge in [0.05, 0.1) is 24.5 Å². The normalized spacial score (nSPS) is 15.7. The van der Waals surface area contributed by atoms with Gasteiger partial charge in [0.2, 0.25) is 5.91 Å². The highest BCUT2D eigenvalue weighted by Gasteiger charge is 2.31. The first-order chi connectivity index (χ1) is 12.5. The van der Waals surface area contributed by atoms with E-state index in [1.165, 1.54) is 19.2 Å². The second-order valence-electron chi connectivity index (χ2n) is 5.74. The van der Waals surface area contributed by atoms with Crippen LogP contribution in [0.5, 0.6) is 5.75 Å². The van der Waals surface area contributed by atoms with Gasteiger partial charge in [-0.1, -0.05) is 23.7 Å². The van der Waals surface area contributed by atoms with Crippen molar-refractivity contribution in [1.82, 2.24) is 5.32 Å². The van der Waals surface area contributed by atoms with Gasteiger partial charge in [-0.3, -0.25) is 9.59 Å². The molecular weight excluding hydrogens is 361 g/mol. The molecule has 8 heteroatoms. The summed E-state index contributed by atoms with van der Waals surface area (Å²) < 4.78 is 19.5. The fraction of sp³-hybridized carbons (Fsp3) is 0.222. The lowest BCUT2D eigenvalue weighted by atomic mass is 10.1. The third kappa shape index (κ3) is 3.88. The minimum Gasteiger partial charge on any atom is -0.477 e. The predicted molar refractivity (Wildman–Crippen MR) is 97.2 cm³/mol. The van der Waals surface area contributed by atoms with E-state index < -0.39 is 17.8 Å². The van der Waals surface area contributed by atoms with E-state index in [0.29, 0.717) is 11.4 Å². The van der Waals surface area contributed by atoms with Gasteiger partial charge in [-0.25, -0.2) is 4.39 Å². The van der Waals surface area contributed by atoms with Crippen LogP contribution < -0.4 is 20.3 Å². The van der Waals surface area contributed by atoms with Gasteiger partial charge in [0.15, 0.2) is 6.10 Å². The van der Waals surface area contributed by atoms with E-state index in [-0.39, 0.29) is 29.7 Å². The maximum Gasteiger partial charge on any atom is 0.262 e. The highest BCUT2D eigenvalue weighted by Crippen LogP contribution is 2.33. The van der Waals surface area contributed by atoms with E-state index in [0.717, 1.165) is 6.07 Å². The molecule has 0 aliphatic carbocycles. The first-order valence-corrected chi connectivity index (χ1v) is 8.33. The van der Waals surface area contributed by atoms with Crippen LogP contribution in [-0.2, 0) is 9.59 Å².